The Bertz CT molecular complexity index is 501. The number of amides is 2. The van der Waals surface area contributed by atoms with Gasteiger partial charge in [0.1, 0.15) is 6.04 Å². The van der Waals surface area contributed by atoms with Gasteiger partial charge in [-0.15, -0.1) is 0 Å². The molecule has 1 fully saturated rings. The molecule has 108 valence electrons. The number of hydrogen-bond donors (Lipinski definition) is 1. The van der Waals surface area contributed by atoms with E-state index in [0.717, 1.165) is 15.6 Å². The van der Waals surface area contributed by atoms with Crippen molar-refractivity contribution in [2.75, 3.05) is 6.54 Å². The molecule has 20 heavy (non-hydrogen) atoms. The molecule has 1 N–H and O–H groups in total. The fourth-order valence-electron chi connectivity index (χ4n) is 2.29. The SMILES string of the molecule is CCC(C)C1NC(=O)CN(Cc2ccc(I)cc2)C1=O. The smallest absolute Gasteiger partial charge is 0.246 e. The third-order valence-electron chi connectivity index (χ3n) is 3.73. The first kappa shape index (κ1) is 15.3. The minimum absolute atomic E-state index is 0.0255. The third-order valence-corrected chi connectivity index (χ3v) is 4.45. The Labute approximate surface area is 133 Å². The molecule has 1 aliphatic heterocycles. The molecule has 2 unspecified atom stereocenters. The van der Waals surface area contributed by atoms with E-state index in [1.807, 2.05) is 38.1 Å². The number of halogens is 1. The van der Waals surface area contributed by atoms with Gasteiger partial charge in [0.2, 0.25) is 11.8 Å². The first-order valence-corrected chi connectivity index (χ1v) is 7.91. The molecule has 1 heterocycles. The van der Waals surface area contributed by atoms with Crippen LogP contribution >= 0.6 is 22.6 Å². The molecule has 0 aromatic heterocycles. The highest BCUT2D eigenvalue weighted by Gasteiger charge is 2.35. The van der Waals surface area contributed by atoms with Crippen LogP contribution in [-0.2, 0) is 16.1 Å². The summed E-state index contributed by atoms with van der Waals surface area (Å²) in [5.74, 6) is 0.115. The van der Waals surface area contributed by atoms with E-state index >= 15 is 0 Å². The summed E-state index contributed by atoms with van der Waals surface area (Å²) in [7, 11) is 0. The largest absolute Gasteiger partial charge is 0.342 e. The predicted molar refractivity (Wildman–Crippen MR) is 86.0 cm³/mol. The van der Waals surface area contributed by atoms with Crippen molar-refractivity contribution in [1.29, 1.82) is 0 Å². The fraction of sp³-hybridized carbons (Fsp3) is 0.467. The monoisotopic (exact) mass is 386 g/mol. The Morgan fingerprint density at radius 2 is 2.00 bits per heavy atom. The molecule has 2 amide bonds. The Balaban J connectivity index is 2.11. The average Bonchev–Trinajstić information content (AvgIpc) is 2.44. The average molecular weight is 386 g/mol. The van der Waals surface area contributed by atoms with Crippen LogP contribution in [0.1, 0.15) is 25.8 Å². The Morgan fingerprint density at radius 1 is 1.35 bits per heavy atom. The number of hydrogen-bond acceptors (Lipinski definition) is 2. The van der Waals surface area contributed by atoms with Crippen LogP contribution in [0.2, 0.25) is 0 Å². The lowest BCUT2D eigenvalue weighted by Crippen LogP contribution is -2.59. The Kier molecular flexibility index (Phi) is 5.01. The highest BCUT2D eigenvalue weighted by molar-refractivity contribution is 14.1. The highest BCUT2D eigenvalue weighted by atomic mass is 127. The van der Waals surface area contributed by atoms with Gasteiger partial charge in [-0.2, -0.15) is 0 Å². The van der Waals surface area contributed by atoms with E-state index in [9.17, 15) is 9.59 Å². The summed E-state index contributed by atoms with van der Waals surface area (Å²) in [6.45, 7) is 4.67. The first-order chi connectivity index (χ1) is 9.51. The van der Waals surface area contributed by atoms with Crippen molar-refractivity contribution in [2.24, 2.45) is 5.92 Å². The maximum atomic E-state index is 12.5. The molecule has 1 saturated heterocycles. The minimum Gasteiger partial charge on any atom is -0.342 e. The van der Waals surface area contributed by atoms with Crippen LogP contribution in [0.15, 0.2) is 24.3 Å². The van der Waals surface area contributed by atoms with E-state index < -0.39 is 0 Å². The zero-order valence-corrected chi connectivity index (χ0v) is 13.9. The second-order valence-electron chi connectivity index (χ2n) is 5.25. The van der Waals surface area contributed by atoms with Crippen LogP contribution in [0.25, 0.3) is 0 Å². The summed E-state index contributed by atoms with van der Waals surface area (Å²) in [5, 5.41) is 2.81. The van der Waals surface area contributed by atoms with Crippen LogP contribution in [0, 0.1) is 9.49 Å². The molecular formula is C15H19IN2O2. The summed E-state index contributed by atoms with van der Waals surface area (Å²) in [6.07, 6.45) is 0.869. The van der Waals surface area contributed by atoms with Crippen molar-refractivity contribution in [1.82, 2.24) is 10.2 Å². The van der Waals surface area contributed by atoms with Gasteiger partial charge in [-0.05, 0) is 46.2 Å². The van der Waals surface area contributed by atoms with E-state index in [0.29, 0.717) is 6.54 Å². The molecule has 0 radical (unpaired) electrons. The van der Waals surface area contributed by atoms with Gasteiger partial charge in [-0.25, -0.2) is 0 Å². The molecule has 5 heteroatoms. The predicted octanol–water partition coefficient (Wildman–Crippen LogP) is 2.16. The zero-order valence-electron chi connectivity index (χ0n) is 11.7. The van der Waals surface area contributed by atoms with Gasteiger partial charge in [0, 0.05) is 10.1 Å². The van der Waals surface area contributed by atoms with E-state index in [1.165, 1.54) is 0 Å². The molecule has 1 aliphatic rings. The van der Waals surface area contributed by atoms with Crippen LogP contribution in [-0.4, -0.2) is 29.3 Å². The summed E-state index contributed by atoms with van der Waals surface area (Å²) in [5.41, 5.74) is 1.05. The summed E-state index contributed by atoms with van der Waals surface area (Å²) < 4.78 is 1.16. The highest BCUT2D eigenvalue weighted by Crippen LogP contribution is 2.17. The molecule has 0 aliphatic carbocycles. The van der Waals surface area contributed by atoms with Crippen LogP contribution < -0.4 is 5.32 Å². The fourth-order valence-corrected chi connectivity index (χ4v) is 2.65. The molecule has 0 saturated carbocycles. The topological polar surface area (TPSA) is 49.4 Å². The Hall–Kier alpha value is -1.11. The lowest BCUT2D eigenvalue weighted by atomic mass is 9.96. The first-order valence-electron chi connectivity index (χ1n) is 6.84. The number of rotatable bonds is 4. The normalized spacial score (nSPS) is 20.8. The number of carbonyl (C=O) groups excluding carboxylic acids is 2. The van der Waals surface area contributed by atoms with Gasteiger partial charge in [-0.3, -0.25) is 9.59 Å². The number of piperazine rings is 1. The molecule has 0 spiro atoms. The van der Waals surface area contributed by atoms with Crippen LogP contribution in [0.3, 0.4) is 0 Å². The van der Waals surface area contributed by atoms with Crippen molar-refractivity contribution >= 4 is 34.4 Å². The third kappa shape index (κ3) is 3.50. The van der Waals surface area contributed by atoms with Gasteiger partial charge in [0.05, 0.1) is 6.54 Å². The van der Waals surface area contributed by atoms with E-state index in [-0.39, 0.29) is 30.3 Å². The summed E-state index contributed by atoms with van der Waals surface area (Å²) in [6, 6.07) is 7.64. The van der Waals surface area contributed by atoms with Crippen LogP contribution in [0.4, 0.5) is 0 Å². The number of nitrogens with one attached hydrogen (secondary N) is 1. The Morgan fingerprint density at radius 3 is 2.60 bits per heavy atom. The molecule has 4 nitrogen and oxygen atoms in total. The van der Waals surface area contributed by atoms with Gasteiger partial charge in [0.15, 0.2) is 0 Å². The van der Waals surface area contributed by atoms with Gasteiger partial charge in [-0.1, -0.05) is 32.4 Å². The van der Waals surface area contributed by atoms with Crippen LogP contribution in [0.5, 0.6) is 0 Å². The van der Waals surface area contributed by atoms with E-state index in [4.69, 9.17) is 0 Å². The van der Waals surface area contributed by atoms with Crippen molar-refractivity contribution < 1.29 is 9.59 Å². The van der Waals surface area contributed by atoms with Gasteiger partial charge >= 0.3 is 0 Å². The maximum Gasteiger partial charge on any atom is 0.246 e. The second kappa shape index (κ2) is 6.56. The number of nitrogens with zero attached hydrogens (tertiary/aromatic N) is 1. The van der Waals surface area contributed by atoms with Gasteiger partial charge < -0.3 is 10.2 Å². The quantitative estimate of drug-likeness (QED) is 0.807. The zero-order chi connectivity index (χ0) is 14.7. The van der Waals surface area contributed by atoms with Crippen molar-refractivity contribution in [3.8, 4) is 0 Å². The molecule has 1 aromatic rings. The number of benzene rings is 1. The standard InChI is InChI=1S/C15H19IN2O2/c1-3-10(2)14-15(20)18(9-13(19)17-14)8-11-4-6-12(16)7-5-11/h4-7,10,14H,3,8-9H2,1-2H3,(H,17,19). The molecular weight excluding hydrogens is 367 g/mol. The molecule has 1 aromatic carbocycles. The number of carbonyl (C=O) groups is 2. The van der Waals surface area contributed by atoms with Crippen molar-refractivity contribution in [3.63, 3.8) is 0 Å². The van der Waals surface area contributed by atoms with Crippen molar-refractivity contribution in [2.45, 2.75) is 32.9 Å². The van der Waals surface area contributed by atoms with Gasteiger partial charge in [0.25, 0.3) is 0 Å². The summed E-state index contributed by atoms with van der Waals surface area (Å²) >= 11 is 2.25. The summed E-state index contributed by atoms with van der Waals surface area (Å²) in [4.78, 5) is 25.9. The second-order valence-corrected chi connectivity index (χ2v) is 6.50. The molecule has 0 bridgehead atoms. The molecule has 2 atom stereocenters. The minimum atomic E-state index is -0.384. The van der Waals surface area contributed by atoms with E-state index in [1.54, 1.807) is 4.90 Å². The molecule has 2 rings (SSSR count). The lowest BCUT2D eigenvalue weighted by Gasteiger charge is -2.35. The maximum absolute atomic E-state index is 12.5. The van der Waals surface area contributed by atoms with E-state index in [2.05, 4.69) is 27.9 Å². The van der Waals surface area contributed by atoms with Crippen molar-refractivity contribution in [3.05, 3.63) is 33.4 Å². The lowest BCUT2D eigenvalue weighted by molar-refractivity contribution is -0.146.